The fourth-order valence-corrected chi connectivity index (χ4v) is 5.84. The summed E-state index contributed by atoms with van der Waals surface area (Å²) in [6, 6.07) is 11.3. The van der Waals surface area contributed by atoms with Crippen LogP contribution in [-0.2, 0) is 17.6 Å². The first-order valence-electron chi connectivity index (χ1n) is 11.5. The summed E-state index contributed by atoms with van der Waals surface area (Å²) in [7, 11) is 0. The molecular formula is C26H25BrClN4O3+. The van der Waals surface area contributed by atoms with Crippen molar-refractivity contribution in [2.75, 3.05) is 13.1 Å². The lowest BCUT2D eigenvalue weighted by Gasteiger charge is -2.36. The third kappa shape index (κ3) is 4.90. The Morgan fingerprint density at radius 3 is 2.66 bits per heavy atom. The molecule has 7 nitrogen and oxygen atoms in total. The summed E-state index contributed by atoms with van der Waals surface area (Å²) in [4.78, 5) is 19.7. The third-order valence-corrected chi connectivity index (χ3v) is 7.67. The predicted molar refractivity (Wildman–Crippen MR) is 134 cm³/mol. The second-order valence-corrected chi connectivity index (χ2v) is 10.5. The number of pyridine rings is 2. The maximum atomic E-state index is 12.9. The van der Waals surface area contributed by atoms with Crippen molar-refractivity contribution < 1.29 is 19.9 Å². The molecule has 180 valence electrons. The number of carbonyl (C=O) groups excluding carboxylic acids is 1. The van der Waals surface area contributed by atoms with Gasteiger partial charge in [0, 0.05) is 63.5 Å². The highest BCUT2D eigenvalue weighted by Gasteiger charge is 2.36. The van der Waals surface area contributed by atoms with Crippen molar-refractivity contribution in [3.05, 3.63) is 92.4 Å². The molecule has 9 heteroatoms. The van der Waals surface area contributed by atoms with E-state index < -0.39 is 0 Å². The molecule has 0 bridgehead atoms. The number of likely N-dealkylation sites (tertiary alicyclic amines) is 1. The quantitative estimate of drug-likeness (QED) is 0.217. The Morgan fingerprint density at radius 2 is 1.94 bits per heavy atom. The standard InChI is InChI=1S/C26H24BrClN4O3/c27-19-12-18-13-23(30-34)22-14-20(28)1-2-21(22)25(26(18)29-15-19)17-5-7-31(8-6-17)24(33)11-16-3-9-32(35)10-4-16/h1-4,9-10,12,14-15,17,25H,5-8,11,13H2,(H-,34,35)/p+1. The molecule has 3 heterocycles. The molecule has 0 spiro atoms. The van der Waals surface area contributed by atoms with Gasteiger partial charge in [-0.05, 0) is 69.6 Å². The summed E-state index contributed by atoms with van der Waals surface area (Å²) in [6.07, 6.45) is 7.32. The molecule has 0 saturated carbocycles. The van der Waals surface area contributed by atoms with Crippen molar-refractivity contribution in [3.63, 3.8) is 0 Å². The number of piperidine rings is 1. The van der Waals surface area contributed by atoms with Crippen LogP contribution in [0, 0.1) is 5.92 Å². The third-order valence-electron chi connectivity index (χ3n) is 7.00. The number of nitrogens with zero attached hydrogens (tertiary/aromatic N) is 4. The molecular weight excluding hydrogens is 532 g/mol. The average Bonchev–Trinajstić information content (AvgIpc) is 2.99. The lowest BCUT2D eigenvalue weighted by atomic mass is 9.76. The van der Waals surface area contributed by atoms with Crippen LogP contribution in [0.25, 0.3) is 0 Å². The minimum absolute atomic E-state index is 0.0102. The van der Waals surface area contributed by atoms with E-state index in [1.165, 1.54) is 12.4 Å². The zero-order chi connectivity index (χ0) is 24.5. The van der Waals surface area contributed by atoms with E-state index in [9.17, 15) is 15.2 Å². The molecule has 2 aromatic heterocycles. The van der Waals surface area contributed by atoms with Gasteiger partial charge in [-0.2, -0.15) is 0 Å². The number of hydrogen-bond acceptors (Lipinski definition) is 5. The first kappa shape index (κ1) is 23.8. The van der Waals surface area contributed by atoms with E-state index in [4.69, 9.17) is 16.6 Å². The molecule has 2 N–H and O–H groups in total. The zero-order valence-electron chi connectivity index (χ0n) is 18.9. The van der Waals surface area contributed by atoms with E-state index >= 15 is 0 Å². The summed E-state index contributed by atoms with van der Waals surface area (Å²) in [5, 5.41) is 23.4. The van der Waals surface area contributed by atoms with Crippen LogP contribution in [0.1, 0.15) is 46.7 Å². The van der Waals surface area contributed by atoms with Crippen LogP contribution < -0.4 is 4.73 Å². The highest BCUT2D eigenvalue weighted by Crippen LogP contribution is 2.43. The molecule has 35 heavy (non-hydrogen) atoms. The number of oxime groups is 1. The van der Waals surface area contributed by atoms with Crippen molar-refractivity contribution in [1.82, 2.24) is 9.88 Å². The van der Waals surface area contributed by atoms with E-state index in [-0.39, 0.29) is 17.7 Å². The van der Waals surface area contributed by atoms with Gasteiger partial charge >= 0.3 is 0 Å². The summed E-state index contributed by atoms with van der Waals surface area (Å²) in [5.41, 5.74) is 5.36. The fraction of sp³-hybridized carbons (Fsp3) is 0.308. The van der Waals surface area contributed by atoms with Crippen LogP contribution in [0.4, 0.5) is 0 Å². The highest BCUT2D eigenvalue weighted by molar-refractivity contribution is 9.10. The Balaban J connectivity index is 1.42. The van der Waals surface area contributed by atoms with E-state index in [2.05, 4.69) is 21.1 Å². The van der Waals surface area contributed by atoms with Gasteiger partial charge in [0.1, 0.15) is 0 Å². The Hall–Kier alpha value is -2.97. The van der Waals surface area contributed by atoms with Crippen LogP contribution >= 0.6 is 27.5 Å². The highest BCUT2D eigenvalue weighted by atomic mass is 79.9. The van der Waals surface area contributed by atoms with Crippen molar-refractivity contribution in [2.24, 2.45) is 11.1 Å². The first-order valence-corrected chi connectivity index (χ1v) is 12.7. The Kier molecular flexibility index (Phi) is 6.75. The maximum Gasteiger partial charge on any atom is 0.226 e. The first-order chi connectivity index (χ1) is 16.9. The SMILES string of the molecule is O=C(Cc1cc[n+](O)cc1)N1CCC(C2c3ccc(Cl)cc3C(=NO)Cc3cc(Br)cnc32)CC1. The van der Waals surface area contributed by atoms with Gasteiger partial charge in [0.2, 0.25) is 18.3 Å². The van der Waals surface area contributed by atoms with Crippen molar-refractivity contribution in [1.29, 1.82) is 0 Å². The number of hydrogen-bond donors (Lipinski definition) is 2. The number of amides is 1. The van der Waals surface area contributed by atoms with Crippen LogP contribution in [0.15, 0.2) is 64.6 Å². The molecule has 0 radical (unpaired) electrons. The fourth-order valence-electron chi connectivity index (χ4n) is 5.29. The second-order valence-electron chi connectivity index (χ2n) is 9.11. The Labute approximate surface area is 216 Å². The zero-order valence-corrected chi connectivity index (χ0v) is 21.3. The summed E-state index contributed by atoms with van der Waals surface area (Å²) < 4.78 is 1.85. The van der Waals surface area contributed by atoms with Crippen LogP contribution in [0.3, 0.4) is 0 Å². The van der Waals surface area contributed by atoms with Crippen molar-refractivity contribution >= 4 is 39.1 Å². The van der Waals surface area contributed by atoms with Crippen LogP contribution in [0.5, 0.6) is 0 Å². The van der Waals surface area contributed by atoms with E-state index in [0.717, 1.165) is 50.0 Å². The van der Waals surface area contributed by atoms with Gasteiger partial charge in [-0.25, -0.2) is 0 Å². The monoisotopic (exact) mass is 555 g/mol. The number of aromatic nitrogens is 2. The lowest BCUT2D eigenvalue weighted by Crippen LogP contribution is -2.41. The number of rotatable bonds is 3. The van der Waals surface area contributed by atoms with Crippen LogP contribution in [-0.4, -0.2) is 45.0 Å². The van der Waals surface area contributed by atoms with Gasteiger partial charge in [0.25, 0.3) is 0 Å². The molecule has 1 aromatic carbocycles. The minimum Gasteiger partial charge on any atom is -0.411 e. The number of halogens is 2. The van der Waals surface area contributed by atoms with Crippen molar-refractivity contribution in [2.45, 2.75) is 31.6 Å². The van der Waals surface area contributed by atoms with Gasteiger partial charge in [0.05, 0.1) is 17.8 Å². The maximum absolute atomic E-state index is 12.9. The molecule has 1 atom stereocenters. The van der Waals surface area contributed by atoms with Gasteiger partial charge in [-0.3, -0.25) is 15.0 Å². The minimum atomic E-state index is 0.0102. The molecule has 5 rings (SSSR count). The molecule has 1 aliphatic carbocycles. The number of carbonyl (C=O) groups is 1. The largest absolute Gasteiger partial charge is 0.411 e. The molecule has 1 saturated heterocycles. The molecule has 1 amide bonds. The molecule has 3 aromatic rings. The predicted octanol–water partition coefficient (Wildman–Crippen LogP) is 4.37. The molecule has 1 fully saturated rings. The summed E-state index contributed by atoms with van der Waals surface area (Å²) in [6.45, 7) is 1.34. The van der Waals surface area contributed by atoms with E-state index in [1.54, 1.807) is 12.1 Å². The number of benzene rings is 1. The molecule has 1 unspecified atom stereocenters. The van der Waals surface area contributed by atoms with Gasteiger partial charge in [-0.15, -0.1) is 0 Å². The van der Waals surface area contributed by atoms with Gasteiger partial charge in [0.15, 0.2) is 0 Å². The van der Waals surface area contributed by atoms with E-state index in [0.29, 0.717) is 36.7 Å². The lowest BCUT2D eigenvalue weighted by molar-refractivity contribution is -0.904. The molecule has 2 aliphatic rings. The van der Waals surface area contributed by atoms with Gasteiger partial charge < -0.3 is 10.1 Å². The molecule has 1 aliphatic heterocycles. The summed E-state index contributed by atoms with van der Waals surface area (Å²) in [5.74, 6) is 0.370. The van der Waals surface area contributed by atoms with Gasteiger partial charge in [-0.1, -0.05) is 22.8 Å². The summed E-state index contributed by atoms with van der Waals surface area (Å²) >= 11 is 9.86. The number of fused-ring (bicyclic) bond motifs is 2. The second kappa shape index (κ2) is 9.95. The Morgan fingerprint density at radius 1 is 1.20 bits per heavy atom. The Bertz CT molecular complexity index is 1290. The average molecular weight is 557 g/mol. The normalized spacial score (nSPS) is 19.2. The van der Waals surface area contributed by atoms with Crippen molar-refractivity contribution in [3.8, 4) is 0 Å². The van der Waals surface area contributed by atoms with Crippen LogP contribution in [0.2, 0.25) is 5.02 Å². The smallest absolute Gasteiger partial charge is 0.226 e. The topological polar surface area (TPSA) is 89.9 Å². The van der Waals surface area contributed by atoms with E-state index in [1.807, 2.05) is 35.4 Å².